The van der Waals surface area contributed by atoms with Gasteiger partial charge in [-0.2, -0.15) is 5.10 Å². The monoisotopic (exact) mass is 246 g/mol. The molecule has 1 heterocycles. The van der Waals surface area contributed by atoms with Gasteiger partial charge in [0, 0.05) is 31.4 Å². The largest absolute Gasteiger partial charge is 0.362 e. The van der Waals surface area contributed by atoms with E-state index in [0.29, 0.717) is 0 Å². The third-order valence-electron chi connectivity index (χ3n) is 2.66. The lowest BCUT2D eigenvalue weighted by Crippen LogP contribution is -2.07. The molecule has 6 nitrogen and oxygen atoms in total. The summed E-state index contributed by atoms with van der Waals surface area (Å²) >= 11 is 0. The lowest BCUT2D eigenvalue weighted by molar-refractivity contribution is -0.384. The van der Waals surface area contributed by atoms with E-state index in [0.717, 1.165) is 11.4 Å². The van der Waals surface area contributed by atoms with Crippen molar-refractivity contribution in [3.8, 4) is 0 Å². The van der Waals surface area contributed by atoms with Crippen LogP contribution in [0.4, 0.5) is 11.5 Å². The lowest BCUT2D eigenvalue weighted by Gasteiger charge is -2.13. The number of hydrogen-bond donors (Lipinski definition) is 1. The van der Waals surface area contributed by atoms with Gasteiger partial charge in [-0.05, 0) is 12.5 Å². The van der Waals surface area contributed by atoms with Gasteiger partial charge in [0.2, 0.25) is 0 Å². The zero-order chi connectivity index (χ0) is 13.1. The summed E-state index contributed by atoms with van der Waals surface area (Å²) in [5, 5.41) is 18.1. The third kappa shape index (κ3) is 2.65. The number of nitro groups is 1. The van der Waals surface area contributed by atoms with E-state index < -0.39 is 4.92 Å². The minimum Gasteiger partial charge on any atom is -0.362 e. The zero-order valence-electron chi connectivity index (χ0n) is 10.2. The molecule has 1 aromatic carbocycles. The van der Waals surface area contributed by atoms with Crippen LogP contribution in [0.25, 0.3) is 0 Å². The minimum absolute atomic E-state index is 0.0419. The van der Waals surface area contributed by atoms with Gasteiger partial charge >= 0.3 is 0 Å². The summed E-state index contributed by atoms with van der Waals surface area (Å²) < 4.78 is 1.70. The molecule has 0 spiro atoms. The van der Waals surface area contributed by atoms with Crippen LogP contribution in [0, 0.1) is 10.1 Å². The van der Waals surface area contributed by atoms with Crippen LogP contribution in [0.5, 0.6) is 0 Å². The summed E-state index contributed by atoms with van der Waals surface area (Å²) in [7, 11) is 1.84. The third-order valence-corrected chi connectivity index (χ3v) is 2.66. The molecule has 0 aliphatic carbocycles. The van der Waals surface area contributed by atoms with Crippen LogP contribution in [0.15, 0.2) is 36.5 Å². The Labute approximate surface area is 104 Å². The first-order valence-electron chi connectivity index (χ1n) is 5.57. The first-order chi connectivity index (χ1) is 8.56. The summed E-state index contributed by atoms with van der Waals surface area (Å²) in [6.45, 7) is 1.94. The Morgan fingerprint density at radius 3 is 2.83 bits per heavy atom. The van der Waals surface area contributed by atoms with E-state index in [1.807, 2.05) is 32.3 Å². The number of benzene rings is 1. The van der Waals surface area contributed by atoms with Crippen LogP contribution in [0.2, 0.25) is 0 Å². The normalized spacial score (nSPS) is 12.1. The predicted octanol–water partition coefficient (Wildman–Crippen LogP) is 2.50. The molecule has 0 amide bonds. The van der Waals surface area contributed by atoms with Gasteiger partial charge in [-0.1, -0.05) is 12.1 Å². The Morgan fingerprint density at radius 2 is 2.22 bits per heavy atom. The van der Waals surface area contributed by atoms with Crippen LogP contribution in [-0.4, -0.2) is 14.7 Å². The lowest BCUT2D eigenvalue weighted by atomic mass is 10.1. The molecule has 0 aliphatic rings. The highest BCUT2D eigenvalue weighted by Crippen LogP contribution is 2.21. The predicted molar refractivity (Wildman–Crippen MR) is 68.3 cm³/mol. The van der Waals surface area contributed by atoms with Gasteiger partial charge in [-0.15, -0.1) is 0 Å². The molecule has 0 bridgehead atoms. The van der Waals surface area contributed by atoms with E-state index in [2.05, 4.69) is 10.4 Å². The fraction of sp³-hybridized carbons (Fsp3) is 0.250. The van der Waals surface area contributed by atoms with Crippen LogP contribution in [-0.2, 0) is 7.05 Å². The number of nitro benzene ring substituents is 1. The van der Waals surface area contributed by atoms with Crippen LogP contribution >= 0.6 is 0 Å². The summed E-state index contributed by atoms with van der Waals surface area (Å²) in [5.74, 6) is 0.747. The SMILES string of the molecule is CC(Nc1ccn(C)n1)c1cccc([N+](=O)[O-])c1. The van der Waals surface area contributed by atoms with Crippen molar-refractivity contribution in [2.24, 2.45) is 7.05 Å². The van der Waals surface area contributed by atoms with Gasteiger partial charge in [0.05, 0.1) is 11.0 Å². The maximum atomic E-state index is 10.7. The van der Waals surface area contributed by atoms with Crippen LogP contribution in [0.3, 0.4) is 0 Å². The molecule has 94 valence electrons. The number of hydrogen-bond acceptors (Lipinski definition) is 4. The second-order valence-electron chi connectivity index (χ2n) is 4.09. The standard InChI is InChI=1S/C12H14N4O2/c1-9(13-12-6-7-15(2)14-12)10-4-3-5-11(8-10)16(17)18/h3-9H,1-2H3,(H,13,14). The number of nitrogens with zero attached hydrogens (tertiary/aromatic N) is 3. The molecule has 0 fully saturated rings. The van der Waals surface area contributed by atoms with Crippen molar-refractivity contribution >= 4 is 11.5 Å². The van der Waals surface area contributed by atoms with E-state index in [1.54, 1.807) is 16.8 Å². The smallest absolute Gasteiger partial charge is 0.269 e. The summed E-state index contributed by atoms with van der Waals surface area (Å²) in [6.07, 6.45) is 1.84. The van der Waals surface area contributed by atoms with Crippen molar-refractivity contribution in [1.82, 2.24) is 9.78 Å². The van der Waals surface area contributed by atoms with E-state index in [1.165, 1.54) is 6.07 Å². The highest BCUT2D eigenvalue weighted by molar-refractivity contribution is 5.41. The number of aromatic nitrogens is 2. The second-order valence-corrected chi connectivity index (χ2v) is 4.09. The maximum absolute atomic E-state index is 10.7. The quantitative estimate of drug-likeness (QED) is 0.664. The Balaban J connectivity index is 2.15. The molecule has 1 aromatic heterocycles. The molecular weight excluding hydrogens is 232 g/mol. The molecule has 2 rings (SSSR count). The van der Waals surface area contributed by atoms with E-state index in [-0.39, 0.29) is 11.7 Å². The topological polar surface area (TPSA) is 73.0 Å². The minimum atomic E-state index is -0.392. The number of non-ortho nitro benzene ring substituents is 1. The first kappa shape index (κ1) is 12.1. The number of aryl methyl sites for hydroxylation is 1. The highest BCUT2D eigenvalue weighted by Gasteiger charge is 2.11. The Morgan fingerprint density at radius 1 is 1.44 bits per heavy atom. The molecule has 1 atom stereocenters. The molecule has 18 heavy (non-hydrogen) atoms. The van der Waals surface area contributed by atoms with Gasteiger partial charge in [0.25, 0.3) is 5.69 Å². The van der Waals surface area contributed by atoms with E-state index >= 15 is 0 Å². The fourth-order valence-electron chi connectivity index (χ4n) is 1.70. The van der Waals surface area contributed by atoms with Crippen LogP contribution < -0.4 is 5.32 Å². The summed E-state index contributed by atoms with van der Waals surface area (Å²) in [4.78, 5) is 10.3. The number of nitrogens with one attached hydrogen (secondary N) is 1. The molecule has 0 radical (unpaired) electrons. The molecule has 0 saturated carbocycles. The Bertz CT molecular complexity index is 565. The molecule has 6 heteroatoms. The van der Waals surface area contributed by atoms with Gasteiger partial charge in [0.1, 0.15) is 5.82 Å². The van der Waals surface area contributed by atoms with Gasteiger partial charge in [0.15, 0.2) is 0 Å². The van der Waals surface area contributed by atoms with E-state index in [4.69, 9.17) is 0 Å². The molecule has 0 saturated heterocycles. The molecule has 1 unspecified atom stereocenters. The summed E-state index contributed by atoms with van der Waals surface area (Å²) in [5.41, 5.74) is 0.956. The second kappa shape index (κ2) is 4.87. The molecule has 2 aromatic rings. The molecular formula is C12H14N4O2. The van der Waals surface area contributed by atoms with Crippen molar-refractivity contribution in [3.05, 3.63) is 52.2 Å². The van der Waals surface area contributed by atoms with Crippen LogP contribution in [0.1, 0.15) is 18.5 Å². The molecule has 0 aliphatic heterocycles. The Kier molecular flexibility index (Phi) is 3.27. The maximum Gasteiger partial charge on any atom is 0.269 e. The van der Waals surface area contributed by atoms with Crippen molar-refractivity contribution in [2.75, 3.05) is 5.32 Å². The number of anilines is 1. The van der Waals surface area contributed by atoms with Gasteiger partial charge in [-0.3, -0.25) is 14.8 Å². The molecule has 1 N–H and O–H groups in total. The van der Waals surface area contributed by atoms with Gasteiger partial charge in [-0.25, -0.2) is 0 Å². The average Bonchev–Trinajstić information content (AvgIpc) is 2.75. The van der Waals surface area contributed by atoms with E-state index in [9.17, 15) is 10.1 Å². The van der Waals surface area contributed by atoms with Crippen molar-refractivity contribution in [2.45, 2.75) is 13.0 Å². The van der Waals surface area contributed by atoms with Crippen molar-refractivity contribution in [1.29, 1.82) is 0 Å². The fourth-order valence-corrected chi connectivity index (χ4v) is 1.70. The number of rotatable bonds is 4. The average molecular weight is 246 g/mol. The van der Waals surface area contributed by atoms with Crippen molar-refractivity contribution < 1.29 is 4.92 Å². The zero-order valence-corrected chi connectivity index (χ0v) is 10.2. The first-order valence-corrected chi connectivity index (χ1v) is 5.57. The highest BCUT2D eigenvalue weighted by atomic mass is 16.6. The summed E-state index contributed by atoms with van der Waals surface area (Å²) in [6, 6.07) is 8.41. The van der Waals surface area contributed by atoms with Crippen molar-refractivity contribution in [3.63, 3.8) is 0 Å². The Hall–Kier alpha value is -2.37. The van der Waals surface area contributed by atoms with Gasteiger partial charge < -0.3 is 5.32 Å².